The van der Waals surface area contributed by atoms with Crippen LogP contribution in [0.3, 0.4) is 0 Å². The van der Waals surface area contributed by atoms with Crippen molar-refractivity contribution in [3.05, 3.63) is 87.4 Å². The van der Waals surface area contributed by atoms with E-state index >= 15 is 0 Å². The summed E-state index contributed by atoms with van der Waals surface area (Å²) in [5.74, 6) is 1.48. The third kappa shape index (κ3) is 4.53. The standard InChI is InChI=1S/C23H21N3O2S2/c1-27-19-10-11-21(28-2)18(13-19)15-25-26-20(22-9-6-12-29-22)16-30-23(26)24-14-17-7-4-3-5-8-17/h3-13,15-16H,14H2,1-2H3. The first-order chi connectivity index (χ1) is 14.8. The molecule has 4 aromatic rings. The fourth-order valence-corrected chi connectivity index (χ4v) is 4.55. The van der Waals surface area contributed by atoms with Crippen molar-refractivity contribution in [3.63, 3.8) is 0 Å². The highest BCUT2D eigenvalue weighted by Crippen LogP contribution is 2.26. The Balaban J connectivity index is 1.76. The van der Waals surface area contributed by atoms with E-state index in [0.29, 0.717) is 6.54 Å². The molecule has 0 N–H and O–H groups in total. The van der Waals surface area contributed by atoms with Crippen LogP contribution in [0.15, 0.2) is 81.5 Å². The minimum atomic E-state index is 0.600. The normalized spacial score (nSPS) is 11.9. The molecule has 0 unspecified atom stereocenters. The van der Waals surface area contributed by atoms with Gasteiger partial charge in [-0.05, 0) is 35.2 Å². The van der Waals surface area contributed by atoms with Crippen LogP contribution in [-0.4, -0.2) is 25.1 Å². The topological polar surface area (TPSA) is 48.1 Å². The Hall–Kier alpha value is -3.16. The smallest absolute Gasteiger partial charge is 0.206 e. The van der Waals surface area contributed by atoms with Crippen LogP contribution in [0.2, 0.25) is 0 Å². The zero-order valence-electron chi connectivity index (χ0n) is 16.7. The number of methoxy groups -OCH3 is 2. The molecule has 0 aliphatic carbocycles. The highest BCUT2D eigenvalue weighted by atomic mass is 32.1. The molecule has 30 heavy (non-hydrogen) atoms. The summed E-state index contributed by atoms with van der Waals surface area (Å²) in [6.45, 7) is 0.600. The summed E-state index contributed by atoms with van der Waals surface area (Å²) in [7, 11) is 3.29. The van der Waals surface area contributed by atoms with Gasteiger partial charge in [-0.1, -0.05) is 36.4 Å². The Bertz CT molecular complexity index is 1190. The monoisotopic (exact) mass is 435 g/mol. The van der Waals surface area contributed by atoms with Crippen LogP contribution in [0.5, 0.6) is 11.5 Å². The van der Waals surface area contributed by atoms with Crippen LogP contribution >= 0.6 is 22.7 Å². The van der Waals surface area contributed by atoms with Crippen LogP contribution < -0.4 is 14.3 Å². The number of benzene rings is 2. The van der Waals surface area contributed by atoms with Gasteiger partial charge in [0, 0.05) is 10.9 Å². The lowest BCUT2D eigenvalue weighted by Crippen LogP contribution is -2.12. The number of nitrogens with zero attached hydrogens (tertiary/aromatic N) is 3. The van der Waals surface area contributed by atoms with E-state index in [9.17, 15) is 0 Å². The Labute approximate surface area is 183 Å². The van der Waals surface area contributed by atoms with Gasteiger partial charge in [-0.3, -0.25) is 4.99 Å². The lowest BCUT2D eigenvalue weighted by molar-refractivity contribution is 0.402. The van der Waals surface area contributed by atoms with Crippen molar-refractivity contribution in [1.29, 1.82) is 0 Å². The minimum absolute atomic E-state index is 0.600. The van der Waals surface area contributed by atoms with Crippen molar-refractivity contribution in [3.8, 4) is 22.1 Å². The van der Waals surface area contributed by atoms with E-state index in [2.05, 4.69) is 29.0 Å². The summed E-state index contributed by atoms with van der Waals surface area (Å²) >= 11 is 3.26. The predicted molar refractivity (Wildman–Crippen MR) is 124 cm³/mol. The second kappa shape index (κ2) is 9.56. The Kier molecular flexibility index (Phi) is 6.41. The maximum absolute atomic E-state index is 5.48. The molecule has 0 saturated heterocycles. The lowest BCUT2D eigenvalue weighted by atomic mass is 10.2. The molecule has 5 nitrogen and oxygen atoms in total. The zero-order chi connectivity index (χ0) is 20.8. The van der Waals surface area contributed by atoms with Gasteiger partial charge < -0.3 is 9.47 Å². The van der Waals surface area contributed by atoms with Crippen LogP contribution in [0.25, 0.3) is 10.6 Å². The molecule has 0 aliphatic heterocycles. The Morgan fingerprint density at radius 1 is 0.967 bits per heavy atom. The molecule has 0 amide bonds. The molecule has 0 spiro atoms. The molecule has 2 heterocycles. The average Bonchev–Trinajstić information content (AvgIpc) is 3.46. The Morgan fingerprint density at radius 3 is 2.57 bits per heavy atom. The summed E-state index contributed by atoms with van der Waals surface area (Å²) in [5.41, 5.74) is 3.01. The zero-order valence-corrected chi connectivity index (χ0v) is 18.3. The maximum atomic E-state index is 5.48. The highest BCUT2D eigenvalue weighted by molar-refractivity contribution is 7.14. The molecule has 0 bridgehead atoms. The predicted octanol–water partition coefficient (Wildman–Crippen LogP) is 5.28. The quantitative estimate of drug-likeness (QED) is 0.371. The summed E-state index contributed by atoms with van der Waals surface area (Å²) in [6, 6.07) is 20.0. The molecule has 7 heteroatoms. The molecule has 152 valence electrons. The second-order valence-corrected chi connectivity index (χ2v) is 8.13. The van der Waals surface area contributed by atoms with Gasteiger partial charge in [0.25, 0.3) is 0 Å². The largest absolute Gasteiger partial charge is 0.497 e. The number of hydrogen-bond acceptors (Lipinski definition) is 6. The average molecular weight is 436 g/mol. The molecule has 0 aliphatic rings. The van der Waals surface area contributed by atoms with Gasteiger partial charge in [0.05, 0.1) is 37.6 Å². The van der Waals surface area contributed by atoms with E-state index < -0.39 is 0 Å². The molecular weight excluding hydrogens is 414 g/mol. The first kappa shape index (κ1) is 20.1. The van der Waals surface area contributed by atoms with Crippen molar-refractivity contribution in [2.45, 2.75) is 6.54 Å². The van der Waals surface area contributed by atoms with E-state index in [4.69, 9.17) is 19.6 Å². The number of rotatable bonds is 7. The summed E-state index contributed by atoms with van der Waals surface area (Å²) < 4.78 is 12.7. The van der Waals surface area contributed by atoms with Gasteiger partial charge in [0.15, 0.2) is 0 Å². The van der Waals surface area contributed by atoms with Crippen LogP contribution in [0.4, 0.5) is 0 Å². The summed E-state index contributed by atoms with van der Waals surface area (Å²) in [4.78, 5) is 6.79. The molecule has 0 radical (unpaired) electrons. The van der Waals surface area contributed by atoms with E-state index in [1.54, 1.807) is 43.1 Å². The van der Waals surface area contributed by atoms with Gasteiger partial charge in [-0.15, -0.1) is 22.7 Å². The first-order valence-electron chi connectivity index (χ1n) is 9.33. The van der Waals surface area contributed by atoms with Crippen LogP contribution in [0.1, 0.15) is 11.1 Å². The third-order valence-electron chi connectivity index (χ3n) is 4.45. The molecule has 0 saturated carbocycles. The summed E-state index contributed by atoms with van der Waals surface area (Å²) in [6.07, 6.45) is 1.78. The van der Waals surface area contributed by atoms with E-state index in [-0.39, 0.29) is 0 Å². The molecule has 2 aromatic heterocycles. The summed E-state index contributed by atoms with van der Waals surface area (Å²) in [5, 5.41) is 8.92. The molecule has 2 aromatic carbocycles. The van der Waals surface area contributed by atoms with E-state index in [1.807, 2.05) is 47.1 Å². The fourth-order valence-electron chi connectivity index (χ4n) is 2.92. The number of ether oxygens (including phenoxy) is 2. The van der Waals surface area contributed by atoms with Gasteiger partial charge in [-0.25, -0.2) is 4.68 Å². The van der Waals surface area contributed by atoms with Crippen LogP contribution in [0, 0.1) is 0 Å². The molecule has 0 atom stereocenters. The SMILES string of the molecule is COc1ccc(OC)c(C=Nn2c(-c3cccs3)csc2=NCc2ccccc2)c1. The van der Waals surface area contributed by atoms with Crippen molar-refractivity contribution >= 4 is 28.9 Å². The highest BCUT2D eigenvalue weighted by Gasteiger charge is 2.09. The molecule has 4 rings (SSSR count). The van der Waals surface area contributed by atoms with Crippen molar-refractivity contribution in [1.82, 2.24) is 4.68 Å². The van der Waals surface area contributed by atoms with Gasteiger partial charge in [0.2, 0.25) is 4.80 Å². The van der Waals surface area contributed by atoms with Crippen LogP contribution in [-0.2, 0) is 6.54 Å². The lowest BCUT2D eigenvalue weighted by Gasteiger charge is -2.07. The van der Waals surface area contributed by atoms with Gasteiger partial charge in [0.1, 0.15) is 11.5 Å². The second-order valence-electron chi connectivity index (χ2n) is 6.35. The molecular formula is C23H21N3O2S2. The maximum Gasteiger partial charge on any atom is 0.206 e. The first-order valence-corrected chi connectivity index (χ1v) is 11.1. The van der Waals surface area contributed by atoms with Crippen molar-refractivity contribution in [2.24, 2.45) is 10.1 Å². The Morgan fingerprint density at radius 2 is 1.83 bits per heavy atom. The van der Waals surface area contributed by atoms with E-state index in [1.165, 1.54) is 0 Å². The van der Waals surface area contributed by atoms with Crippen molar-refractivity contribution < 1.29 is 9.47 Å². The molecule has 0 fully saturated rings. The minimum Gasteiger partial charge on any atom is -0.497 e. The number of aromatic nitrogens is 1. The fraction of sp³-hybridized carbons (Fsp3) is 0.130. The third-order valence-corrected chi connectivity index (χ3v) is 6.19. The number of hydrogen-bond donors (Lipinski definition) is 0. The van der Waals surface area contributed by atoms with Crippen molar-refractivity contribution in [2.75, 3.05) is 14.2 Å². The van der Waals surface area contributed by atoms with E-state index in [0.717, 1.165) is 38.0 Å². The van der Waals surface area contributed by atoms with Gasteiger partial charge >= 0.3 is 0 Å². The number of thiazole rings is 1. The number of thiophene rings is 1. The van der Waals surface area contributed by atoms with Gasteiger partial charge in [-0.2, -0.15) is 5.10 Å².